The summed E-state index contributed by atoms with van der Waals surface area (Å²) in [6.07, 6.45) is 0. The lowest BCUT2D eigenvalue weighted by molar-refractivity contribution is -0.387. The number of nitrogens with two attached hydrogens (primary N) is 1. The average Bonchev–Trinajstić information content (AvgIpc) is 2.80. The summed E-state index contributed by atoms with van der Waals surface area (Å²) in [7, 11) is 0. The van der Waals surface area contributed by atoms with Crippen molar-refractivity contribution in [3.8, 4) is 0 Å². The topological polar surface area (TPSA) is 117 Å². The van der Waals surface area contributed by atoms with Crippen LogP contribution in [0.3, 0.4) is 0 Å². The molecule has 0 fully saturated rings. The Morgan fingerprint density at radius 3 is 2.48 bits per heavy atom. The third kappa shape index (κ3) is 3.50. The molecular formula is C14H17N5O3S. The van der Waals surface area contributed by atoms with E-state index >= 15 is 0 Å². The maximum absolute atomic E-state index is 11.4. The van der Waals surface area contributed by atoms with Crippen LogP contribution in [0.15, 0.2) is 28.3 Å². The van der Waals surface area contributed by atoms with Crippen LogP contribution in [0.2, 0.25) is 0 Å². The molecule has 2 N–H and O–H groups in total. The van der Waals surface area contributed by atoms with Crippen LogP contribution in [0.5, 0.6) is 0 Å². The Kier molecular flexibility index (Phi) is 4.42. The monoisotopic (exact) mass is 335 g/mol. The van der Waals surface area contributed by atoms with Gasteiger partial charge in [-0.15, -0.1) is 10.2 Å². The second-order valence-corrected chi connectivity index (χ2v) is 7.03. The van der Waals surface area contributed by atoms with Crippen molar-refractivity contribution in [2.24, 2.45) is 0 Å². The minimum Gasteiger partial charge on any atom is -0.336 e. The lowest BCUT2D eigenvalue weighted by Crippen LogP contribution is -2.24. The molecule has 23 heavy (non-hydrogen) atoms. The van der Waals surface area contributed by atoms with E-state index in [1.165, 1.54) is 23.7 Å². The molecule has 2 aromatic rings. The zero-order valence-corrected chi connectivity index (χ0v) is 14.0. The molecule has 0 aliphatic rings. The van der Waals surface area contributed by atoms with Gasteiger partial charge in [-0.25, -0.2) is 4.68 Å². The molecule has 1 aromatic carbocycles. The van der Waals surface area contributed by atoms with Crippen molar-refractivity contribution in [2.75, 3.05) is 5.84 Å². The fourth-order valence-electron chi connectivity index (χ4n) is 1.92. The molecule has 0 saturated carbocycles. The quantitative estimate of drug-likeness (QED) is 0.395. The molecular weight excluding hydrogens is 318 g/mol. The Morgan fingerprint density at radius 1 is 1.35 bits per heavy atom. The second-order valence-electron chi connectivity index (χ2n) is 6.02. The van der Waals surface area contributed by atoms with E-state index in [2.05, 4.69) is 10.2 Å². The minimum atomic E-state index is -0.531. The van der Waals surface area contributed by atoms with Crippen LogP contribution < -0.4 is 5.84 Å². The molecule has 0 atom stereocenters. The number of hydrogen-bond acceptors (Lipinski definition) is 7. The smallest absolute Gasteiger partial charge is 0.284 e. The highest BCUT2D eigenvalue weighted by molar-refractivity contribution is 7.99. The summed E-state index contributed by atoms with van der Waals surface area (Å²) in [5.74, 6) is 6.33. The molecule has 0 aliphatic carbocycles. The largest absolute Gasteiger partial charge is 0.336 e. The molecule has 0 saturated heterocycles. The van der Waals surface area contributed by atoms with Crippen molar-refractivity contribution < 1.29 is 9.72 Å². The van der Waals surface area contributed by atoms with E-state index in [-0.39, 0.29) is 22.4 Å². The van der Waals surface area contributed by atoms with Gasteiger partial charge in [0.15, 0.2) is 11.6 Å². The highest BCUT2D eigenvalue weighted by Crippen LogP contribution is 2.35. The standard InChI is InChI=1S/C14H17N5O3S/c1-8(20)9-5-6-11(10(7-9)19(21)22)23-13-17-16-12(18(13)15)14(2,3)4/h5-7H,15H2,1-4H3. The van der Waals surface area contributed by atoms with E-state index < -0.39 is 4.92 Å². The van der Waals surface area contributed by atoms with Crippen molar-refractivity contribution in [1.82, 2.24) is 14.9 Å². The number of benzene rings is 1. The SMILES string of the molecule is CC(=O)c1ccc(Sc2nnc(C(C)(C)C)n2N)c([N+](=O)[O-])c1. The predicted molar refractivity (Wildman–Crippen MR) is 86.1 cm³/mol. The molecule has 0 spiro atoms. The number of nitrogen functional groups attached to an aromatic ring is 1. The van der Waals surface area contributed by atoms with E-state index in [0.717, 1.165) is 11.8 Å². The van der Waals surface area contributed by atoms with Crippen LogP contribution in [-0.2, 0) is 5.41 Å². The first kappa shape index (κ1) is 16.9. The first-order valence-electron chi connectivity index (χ1n) is 6.79. The van der Waals surface area contributed by atoms with E-state index in [1.54, 1.807) is 6.07 Å². The molecule has 122 valence electrons. The number of ketones is 1. The Balaban J connectivity index is 2.43. The highest BCUT2D eigenvalue weighted by Gasteiger charge is 2.25. The molecule has 1 aromatic heterocycles. The molecule has 2 rings (SSSR count). The van der Waals surface area contributed by atoms with Crippen LogP contribution in [0, 0.1) is 10.1 Å². The lowest BCUT2D eigenvalue weighted by Gasteiger charge is -2.16. The molecule has 0 radical (unpaired) electrons. The first-order valence-corrected chi connectivity index (χ1v) is 7.61. The van der Waals surface area contributed by atoms with Gasteiger partial charge in [0.25, 0.3) is 5.69 Å². The van der Waals surface area contributed by atoms with Crippen molar-refractivity contribution in [1.29, 1.82) is 0 Å². The van der Waals surface area contributed by atoms with Gasteiger partial charge in [0.1, 0.15) is 0 Å². The van der Waals surface area contributed by atoms with Crippen molar-refractivity contribution in [3.63, 3.8) is 0 Å². The summed E-state index contributed by atoms with van der Waals surface area (Å²) in [5.41, 5.74) is -0.181. The summed E-state index contributed by atoms with van der Waals surface area (Å²) in [6, 6.07) is 4.32. The zero-order chi connectivity index (χ0) is 17.4. The van der Waals surface area contributed by atoms with E-state index in [1.807, 2.05) is 20.8 Å². The number of nitro groups is 1. The molecule has 0 aliphatic heterocycles. The molecule has 0 unspecified atom stereocenters. The maximum atomic E-state index is 11.4. The lowest BCUT2D eigenvalue weighted by atomic mass is 9.96. The summed E-state index contributed by atoms with van der Waals surface area (Å²) in [5, 5.41) is 19.6. The van der Waals surface area contributed by atoms with E-state index in [4.69, 9.17) is 5.84 Å². The number of nitro benzene ring substituents is 1. The van der Waals surface area contributed by atoms with Crippen LogP contribution in [0.25, 0.3) is 0 Å². The fourth-order valence-corrected chi connectivity index (χ4v) is 2.76. The number of rotatable bonds is 4. The number of carbonyl (C=O) groups excluding carboxylic acids is 1. The van der Waals surface area contributed by atoms with Crippen molar-refractivity contribution in [2.45, 2.75) is 43.2 Å². The molecule has 8 nitrogen and oxygen atoms in total. The maximum Gasteiger partial charge on any atom is 0.284 e. The van der Waals surface area contributed by atoms with Crippen LogP contribution in [-0.4, -0.2) is 25.6 Å². The van der Waals surface area contributed by atoms with Gasteiger partial charge in [0.05, 0.1) is 9.82 Å². The van der Waals surface area contributed by atoms with Crippen LogP contribution >= 0.6 is 11.8 Å². The number of aromatic nitrogens is 3. The van der Waals surface area contributed by atoms with Gasteiger partial charge in [0.2, 0.25) is 5.16 Å². The third-order valence-electron chi connectivity index (χ3n) is 3.10. The van der Waals surface area contributed by atoms with E-state index in [9.17, 15) is 14.9 Å². The average molecular weight is 335 g/mol. The van der Waals surface area contributed by atoms with Gasteiger partial charge in [-0.05, 0) is 30.8 Å². The number of Topliss-reactive ketones (excluding diaryl/α,β-unsaturated/α-hetero) is 1. The Labute approximate surface area is 137 Å². The Morgan fingerprint density at radius 2 is 2.00 bits per heavy atom. The molecule has 9 heteroatoms. The number of carbonyl (C=O) groups is 1. The summed E-state index contributed by atoms with van der Waals surface area (Å²) in [6.45, 7) is 7.19. The Bertz CT molecular complexity index is 779. The summed E-state index contributed by atoms with van der Waals surface area (Å²) < 4.78 is 1.33. The molecule has 1 heterocycles. The fraction of sp³-hybridized carbons (Fsp3) is 0.357. The van der Waals surface area contributed by atoms with Gasteiger partial charge in [-0.3, -0.25) is 14.9 Å². The number of nitrogens with zero attached hydrogens (tertiary/aromatic N) is 4. The van der Waals surface area contributed by atoms with Crippen LogP contribution in [0.1, 0.15) is 43.9 Å². The van der Waals surface area contributed by atoms with Gasteiger partial charge in [0, 0.05) is 17.0 Å². The normalized spacial score (nSPS) is 11.5. The zero-order valence-electron chi connectivity index (χ0n) is 13.2. The first-order chi connectivity index (χ1) is 10.6. The van der Waals surface area contributed by atoms with Gasteiger partial charge in [-0.2, -0.15) is 0 Å². The summed E-state index contributed by atoms with van der Waals surface area (Å²) >= 11 is 1.04. The molecule has 0 bridgehead atoms. The summed E-state index contributed by atoms with van der Waals surface area (Å²) in [4.78, 5) is 22.4. The molecule has 0 amide bonds. The van der Waals surface area contributed by atoms with Gasteiger partial charge >= 0.3 is 0 Å². The highest BCUT2D eigenvalue weighted by atomic mass is 32.2. The predicted octanol–water partition coefficient (Wildman–Crippen LogP) is 2.55. The van der Waals surface area contributed by atoms with Gasteiger partial charge < -0.3 is 5.84 Å². The third-order valence-corrected chi connectivity index (χ3v) is 4.12. The Hall–Kier alpha value is -2.42. The van der Waals surface area contributed by atoms with Crippen LogP contribution in [0.4, 0.5) is 5.69 Å². The van der Waals surface area contributed by atoms with Crippen molar-refractivity contribution in [3.05, 3.63) is 39.7 Å². The number of hydrogen-bond donors (Lipinski definition) is 1. The van der Waals surface area contributed by atoms with Crippen molar-refractivity contribution >= 4 is 23.2 Å². The second kappa shape index (κ2) is 5.99. The van der Waals surface area contributed by atoms with E-state index in [0.29, 0.717) is 15.9 Å². The minimum absolute atomic E-state index is 0.164. The van der Waals surface area contributed by atoms with Gasteiger partial charge in [-0.1, -0.05) is 20.8 Å².